The molecule has 0 aromatic heterocycles. The van der Waals surface area contributed by atoms with Crippen LogP contribution in [0.4, 0.5) is 8.78 Å². The van der Waals surface area contributed by atoms with Crippen molar-refractivity contribution in [3.63, 3.8) is 0 Å². The fraction of sp³-hybridized carbons (Fsp3) is 0.400. The molecule has 3 heteroatoms. The summed E-state index contributed by atoms with van der Waals surface area (Å²) in [6, 6.07) is 6.45. The maximum absolute atomic E-state index is 12.9. The van der Waals surface area contributed by atoms with Crippen LogP contribution in [-0.4, -0.2) is 7.05 Å². The lowest BCUT2D eigenvalue weighted by atomic mass is 10.1. The Balaban J connectivity index is 2.92. The molecular formula is C10H13F2N. The molecule has 72 valence electrons. The van der Waals surface area contributed by atoms with Crippen molar-refractivity contribution >= 4 is 0 Å². The van der Waals surface area contributed by atoms with Crippen LogP contribution < -0.4 is 5.32 Å². The molecule has 0 amide bonds. The Labute approximate surface area is 76.8 Å². The van der Waals surface area contributed by atoms with Gasteiger partial charge in [0.25, 0.3) is 5.92 Å². The van der Waals surface area contributed by atoms with Gasteiger partial charge in [-0.2, -0.15) is 0 Å². The zero-order chi connectivity index (χ0) is 9.90. The minimum atomic E-state index is -2.75. The lowest BCUT2D eigenvalue weighted by Crippen LogP contribution is -2.09. The number of halogens is 2. The van der Waals surface area contributed by atoms with Crippen molar-refractivity contribution in [2.24, 2.45) is 0 Å². The highest BCUT2D eigenvalue weighted by Gasteiger charge is 2.23. The van der Waals surface area contributed by atoms with Crippen LogP contribution in [0.25, 0.3) is 0 Å². The molecule has 13 heavy (non-hydrogen) atoms. The van der Waals surface area contributed by atoms with Gasteiger partial charge in [-0.15, -0.1) is 0 Å². The summed E-state index contributed by atoms with van der Waals surface area (Å²) < 4.78 is 25.7. The van der Waals surface area contributed by atoms with Crippen LogP contribution in [0.5, 0.6) is 0 Å². The molecule has 0 spiro atoms. The van der Waals surface area contributed by atoms with E-state index in [1.54, 1.807) is 13.1 Å². The lowest BCUT2D eigenvalue weighted by Gasteiger charge is -2.11. The molecule has 1 aromatic rings. The first-order chi connectivity index (χ1) is 6.04. The van der Waals surface area contributed by atoms with E-state index in [1.807, 2.05) is 6.07 Å². The second kappa shape index (κ2) is 3.83. The van der Waals surface area contributed by atoms with E-state index in [-0.39, 0.29) is 5.56 Å². The fourth-order valence-corrected chi connectivity index (χ4v) is 1.16. The highest BCUT2D eigenvalue weighted by molar-refractivity contribution is 5.26. The smallest absolute Gasteiger partial charge is 0.270 e. The molecule has 0 unspecified atom stereocenters. The van der Waals surface area contributed by atoms with Crippen LogP contribution in [0, 0.1) is 0 Å². The van der Waals surface area contributed by atoms with E-state index in [1.165, 1.54) is 12.1 Å². The third-order valence-electron chi connectivity index (χ3n) is 1.81. The Bertz CT molecular complexity index is 278. The van der Waals surface area contributed by atoms with Crippen molar-refractivity contribution in [1.82, 2.24) is 5.32 Å². The molecule has 0 radical (unpaired) electrons. The van der Waals surface area contributed by atoms with Gasteiger partial charge in [0.2, 0.25) is 0 Å². The van der Waals surface area contributed by atoms with Crippen LogP contribution in [0.2, 0.25) is 0 Å². The summed E-state index contributed by atoms with van der Waals surface area (Å²) in [6.07, 6.45) is 0. The maximum atomic E-state index is 12.9. The number of rotatable bonds is 3. The molecule has 0 aliphatic carbocycles. The van der Waals surface area contributed by atoms with E-state index >= 15 is 0 Å². The Morgan fingerprint density at radius 2 is 2.08 bits per heavy atom. The van der Waals surface area contributed by atoms with Gasteiger partial charge in [0.15, 0.2) is 0 Å². The van der Waals surface area contributed by atoms with Gasteiger partial charge in [0.1, 0.15) is 0 Å². The quantitative estimate of drug-likeness (QED) is 0.763. The van der Waals surface area contributed by atoms with Gasteiger partial charge in [-0.25, -0.2) is 8.78 Å². The number of hydrogen-bond donors (Lipinski definition) is 1. The third kappa shape index (κ3) is 2.77. The van der Waals surface area contributed by atoms with Crippen LogP contribution in [-0.2, 0) is 12.5 Å². The van der Waals surface area contributed by atoms with Gasteiger partial charge in [-0.05, 0) is 18.7 Å². The number of alkyl halides is 2. The highest BCUT2D eigenvalue weighted by Crippen LogP contribution is 2.27. The standard InChI is InChI=1S/C10H13F2N/c1-10(11,12)9-5-3-4-8(6-9)7-13-2/h3-6,13H,7H2,1-2H3. The minimum absolute atomic E-state index is 0.0697. The van der Waals surface area contributed by atoms with Gasteiger partial charge in [-0.1, -0.05) is 18.2 Å². The predicted molar refractivity (Wildman–Crippen MR) is 48.8 cm³/mol. The summed E-state index contributed by atoms with van der Waals surface area (Å²) in [5.41, 5.74) is 0.946. The van der Waals surface area contributed by atoms with Gasteiger partial charge < -0.3 is 5.32 Å². The van der Waals surface area contributed by atoms with Crippen molar-refractivity contribution in [2.75, 3.05) is 7.05 Å². The maximum Gasteiger partial charge on any atom is 0.270 e. The summed E-state index contributed by atoms with van der Waals surface area (Å²) in [7, 11) is 1.79. The first-order valence-electron chi connectivity index (χ1n) is 4.16. The summed E-state index contributed by atoms with van der Waals surface area (Å²) in [5.74, 6) is -2.75. The third-order valence-corrected chi connectivity index (χ3v) is 1.81. The highest BCUT2D eigenvalue weighted by atomic mass is 19.3. The van der Waals surface area contributed by atoms with Crippen molar-refractivity contribution in [2.45, 2.75) is 19.4 Å². The Morgan fingerprint density at radius 3 is 2.62 bits per heavy atom. The molecule has 1 nitrogen and oxygen atoms in total. The van der Waals surface area contributed by atoms with E-state index < -0.39 is 5.92 Å². The van der Waals surface area contributed by atoms with E-state index in [0.29, 0.717) is 6.54 Å². The first kappa shape index (κ1) is 10.1. The Kier molecular flexibility index (Phi) is 2.98. The molecule has 0 fully saturated rings. The monoisotopic (exact) mass is 185 g/mol. The van der Waals surface area contributed by atoms with Crippen LogP contribution in [0.1, 0.15) is 18.1 Å². The van der Waals surface area contributed by atoms with Crippen molar-refractivity contribution in [3.8, 4) is 0 Å². The largest absolute Gasteiger partial charge is 0.316 e. The van der Waals surface area contributed by atoms with E-state index in [9.17, 15) is 8.78 Å². The Morgan fingerprint density at radius 1 is 1.38 bits per heavy atom. The molecule has 0 bridgehead atoms. The topological polar surface area (TPSA) is 12.0 Å². The molecule has 0 aliphatic rings. The molecule has 1 aromatic carbocycles. The number of benzene rings is 1. The molecule has 1 rings (SSSR count). The van der Waals surface area contributed by atoms with Gasteiger partial charge in [-0.3, -0.25) is 0 Å². The molecule has 0 heterocycles. The van der Waals surface area contributed by atoms with Crippen molar-refractivity contribution in [1.29, 1.82) is 0 Å². The zero-order valence-corrected chi connectivity index (χ0v) is 7.77. The molecule has 0 saturated carbocycles. The van der Waals surface area contributed by atoms with Gasteiger partial charge in [0, 0.05) is 19.0 Å². The molecule has 0 aliphatic heterocycles. The molecule has 0 saturated heterocycles. The second-order valence-electron chi connectivity index (χ2n) is 3.12. The lowest BCUT2D eigenvalue weighted by molar-refractivity contribution is 0.0174. The summed E-state index contributed by atoms with van der Waals surface area (Å²) >= 11 is 0. The predicted octanol–water partition coefficient (Wildman–Crippen LogP) is 2.52. The normalized spacial score (nSPS) is 11.7. The zero-order valence-electron chi connectivity index (χ0n) is 7.77. The SMILES string of the molecule is CNCc1cccc(C(C)(F)F)c1. The number of hydrogen-bond acceptors (Lipinski definition) is 1. The first-order valence-corrected chi connectivity index (χ1v) is 4.16. The summed E-state index contributed by atoms with van der Waals surface area (Å²) in [5, 5.41) is 2.92. The fourth-order valence-electron chi connectivity index (χ4n) is 1.16. The van der Waals surface area contributed by atoms with Crippen molar-refractivity contribution in [3.05, 3.63) is 35.4 Å². The van der Waals surface area contributed by atoms with E-state index in [2.05, 4.69) is 5.32 Å². The summed E-state index contributed by atoms with van der Waals surface area (Å²) in [6.45, 7) is 1.52. The second-order valence-corrected chi connectivity index (χ2v) is 3.12. The molecular weight excluding hydrogens is 172 g/mol. The van der Waals surface area contributed by atoms with E-state index in [0.717, 1.165) is 12.5 Å². The van der Waals surface area contributed by atoms with Crippen LogP contribution in [0.15, 0.2) is 24.3 Å². The van der Waals surface area contributed by atoms with Crippen LogP contribution in [0.3, 0.4) is 0 Å². The van der Waals surface area contributed by atoms with Crippen molar-refractivity contribution < 1.29 is 8.78 Å². The molecule has 0 atom stereocenters. The Hall–Kier alpha value is -0.960. The average Bonchev–Trinajstić information content (AvgIpc) is 2.04. The number of nitrogens with one attached hydrogen (secondary N) is 1. The molecule has 1 N–H and O–H groups in total. The average molecular weight is 185 g/mol. The van der Waals surface area contributed by atoms with E-state index in [4.69, 9.17) is 0 Å². The minimum Gasteiger partial charge on any atom is -0.316 e. The summed E-state index contributed by atoms with van der Waals surface area (Å²) in [4.78, 5) is 0. The van der Waals surface area contributed by atoms with Gasteiger partial charge >= 0.3 is 0 Å². The van der Waals surface area contributed by atoms with Gasteiger partial charge in [0.05, 0.1) is 0 Å². The van der Waals surface area contributed by atoms with Crippen LogP contribution >= 0.6 is 0 Å².